The minimum atomic E-state index is -4.91. The molecule has 6 N–H and O–H groups in total. The predicted octanol–water partition coefficient (Wildman–Crippen LogP) is 10.4. The summed E-state index contributed by atoms with van der Waals surface area (Å²) >= 11 is 1.18. The van der Waals surface area contributed by atoms with Crippen LogP contribution >= 0.6 is 19.6 Å². The molecule has 0 unspecified atom stereocenters. The van der Waals surface area contributed by atoms with Gasteiger partial charge in [-0.2, -0.15) is 0 Å². The van der Waals surface area contributed by atoms with E-state index in [4.69, 9.17) is 20.3 Å². The van der Waals surface area contributed by atoms with E-state index in [2.05, 4.69) is 30.5 Å². The summed E-state index contributed by atoms with van der Waals surface area (Å²) in [4.78, 5) is 54.8. The molecule has 0 aromatic carbocycles. The molecule has 0 aliphatic heterocycles. The summed E-state index contributed by atoms with van der Waals surface area (Å²) in [5.74, 6) is -2.38. The number of aliphatic hydroxyl groups excluding tert-OH is 1. The first-order chi connectivity index (χ1) is 28.4. The molecular formula is C45H80NO11PS. The van der Waals surface area contributed by atoms with Crippen molar-refractivity contribution in [2.24, 2.45) is 5.73 Å². The summed E-state index contributed by atoms with van der Waals surface area (Å²) in [6.45, 7) is 3.24. The molecule has 0 spiro atoms. The van der Waals surface area contributed by atoms with Crippen molar-refractivity contribution in [3.8, 4) is 0 Å². The number of carboxylic acids is 1. The van der Waals surface area contributed by atoms with Gasteiger partial charge < -0.3 is 35.2 Å². The lowest BCUT2D eigenvalue weighted by Gasteiger charge is -2.23. The Morgan fingerprint density at radius 1 is 0.695 bits per heavy atom. The maximum atomic E-state index is 12.9. The van der Waals surface area contributed by atoms with Gasteiger partial charge in [-0.3, -0.25) is 18.9 Å². The monoisotopic (exact) mass is 874 g/mol. The number of ether oxygens (including phenoxy) is 2. The summed E-state index contributed by atoms with van der Waals surface area (Å²) in [6.07, 6.45) is 38.7. The highest BCUT2D eigenvalue weighted by Gasteiger charge is 2.27. The van der Waals surface area contributed by atoms with Gasteiger partial charge in [-0.05, 0) is 38.5 Å². The largest absolute Gasteiger partial charge is 0.481 e. The third-order valence-corrected chi connectivity index (χ3v) is 11.5. The quantitative estimate of drug-likeness (QED) is 0.0128. The SMILES string of the molecule is CCCCC/C=C\C\C=C/C=C/C=C/[C@@H](SC[C@H](N)C(=O)O[C@H](COC(=O)CCCCCCCCCCCCCCCCCC)COP(=O)(O)O)[C@@H](O)CCCC(=O)O. The Labute approximate surface area is 360 Å². The summed E-state index contributed by atoms with van der Waals surface area (Å²) in [7, 11) is -4.91. The molecule has 0 aliphatic carbocycles. The maximum Gasteiger partial charge on any atom is 0.469 e. The molecule has 0 aromatic heterocycles. The number of aliphatic hydroxyl groups is 1. The second-order valence-electron chi connectivity index (χ2n) is 15.2. The molecule has 0 radical (unpaired) electrons. The molecule has 0 fully saturated rings. The zero-order chi connectivity index (χ0) is 43.8. The van der Waals surface area contributed by atoms with Crippen molar-refractivity contribution in [1.82, 2.24) is 0 Å². The molecule has 0 aromatic rings. The van der Waals surface area contributed by atoms with E-state index >= 15 is 0 Å². The van der Waals surface area contributed by atoms with E-state index in [1.54, 1.807) is 18.2 Å². The summed E-state index contributed by atoms with van der Waals surface area (Å²) in [5.41, 5.74) is 6.12. The molecule has 14 heteroatoms. The van der Waals surface area contributed by atoms with Crippen LogP contribution in [0.25, 0.3) is 0 Å². The maximum absolute atomic E-state index is 12.9. The van der Waals surface area contributed by atoms with Gasteiger partial charge in [0, 0.05) is 23.8 Å². The third-order valence-electron chi connectivity index (χ3n) is 9.60. The third kappa shape index (κ3) is 39.6. The van der Waals surface area contributed by atoms with Gasteiger partial charge in [-0.15, -0.1) is 11.8 Å². The van der Waals surface area contributed by atoms with Crippen LogP contribution in [0.15, 0.2) is 48.6 Å². The van der Waals surface area contributed by atoms with Crippen LogP contribution < -0.4 is 5.73 Å². The normalized spacial score (nSPS) is 14.4. The van der Waals surface area contributed by atoms with Crippen LogP contribution in [0.5, 0.6) is 0 Å². The standard InChI is InChI=1S/C45H80NO11PS/c1-3-5-7-9-11-13-15-17-18-19-20-22-24-26-28-30-35-44(50)55-36-39(37-56-58(52,53)54)57-45(51)40(46)38-59-42(41(47)32-31-34-43(48)49)33-29-27-25-23-21-16-14-12-10-8-6-4-2/h12,14,21,23,25,27,29,33,39-42,47H,3-11,13,15-20,22,24,26,28,30-32,34-38,46H2,1-2H3,(H,48,49)(H2,52,53,54)/b14-12-,23-21-,27-25+,33-29+/t39-,40+,41+,42-/m1/s1. The zero-order valence-corrected chi connectivity index (χ0v) is 38.0. The second kappa shape index (κ2) is 39.9. The number of carbonyl (C=O) groups excluding carboxylic acids is 2. The number of rotatable bonds is 41. The van der Waals surface area contributed by atoms with Gasteiger partial charge in [0.2, 0.25) is 0 Å². The molecule has 59 heavy (non-hydrogen) atoms. The number of phosphoric acid groups is 1. The van der Waals surface area contributed by atoms with Crippen LogP contribution in [0.4, 0.5) is 0 Å². The number of aliphatic carboxylic acids is 1. The van der Waals surface area contributed by atoms with Gasteiger partial charge in [0.1, 0.15) is 12.6 Å². The Hall–Kier alpha value is -2.25. The van der Waals surface area contributed by atoms with Gasteiger partial charge in [0.25, 0.3) is 0 Å². The lowest BCUT2D eigenvalue weighted by molar-refractivity contribution is -0.161. The van der Waals surface area contributed by atoms with E-state index < -0.39 is 62.4 Å². The summed E-state index contributed by atoms with van der Waals surface area (Å²) in [6, 6.07) is -1.20. The zero-order valence-electron chi connectivity index (χ0n) is 36.3. The first-order valence-corrected chi connectivity index (χ1v) is 25.0. The van der Waals surface area contributed by atoms with E-state index in [0.29, 0.717) is 6.42 Å². The number of allylic oxidation sites excluding steroid dienone is 7. The van der Waals surface area contributed by atoms with Crippen molar-refractivity contribution >= 4 is 37.5 Å². The fourth-order valence-electron chi connectivity index (χ4n) is 6.09. The number of unbranched alkanes of at least 4 members (excludes halogenated alkanes) is 18. The first kappa shape index (κ1) is 56.8. The molecule has 12 nitrogen and oxygen atoms in total. The number of carbonyl (C=O) groups is 3. The number of nitrogens with two attached hydrogens (primary N) is 1. The van der Waals surface area contributed by atoms with Gasteiger partial charge in [-0.1, -0.05) is 172 Å². The Bertz CT molecular complexity index is 1220. The van der Waals surface area contributed by atoms with Crippen molar-refractivity contribution < 1.29 is 52.9 Å². The highest BCUT2D eigenvalue weighted by molar-refractivity contribution is 8.00. The molecule has 0 amide bonds. The molecule has 4 atom stereocenters. The minimum absolute atomic E-state index is 0.00313. The van der Waals surface area contributed by atoms with Gasteiger partial charge in [0.15, 0.2) is 6.10 Å². The van der Waals surface area contributed by atoms with E-state index in [1.807, 2.05) is 18.2 Å². The Morgan fingerprint density at radius 3 is 1.83 bits per heavy atom. The molecule has 0 saturated carbocycles. The predicted molar refractivity (Wildman–Crippen MR) is 240 cm³/mol. The highest BCUT2D eigenvalue weighted by atomic mass is 32.2. The molecule has 0 heterocycles. The van der Waals surface area contributed by atoms with E-state index in [9.17, 15) is 33.8 Å². The van der Waals surface area contributed by atoms with E-state index in [-0.39, 0.29) is 31.4 Å². The summed E-state index contributed by atoms with van der Waals surface area (Å²) in [5, 5.41) is 19.3. The fourth-order valence-corrected chi connectivity index (χ4v) is 7.58. The van der Waals surface area contributed by atoms with E-state index in [1.165, 1.54) is 108 Å². The number of phosphoric ester groups is 1. The number of esters is 2. The van der Waals surface area contributed by atoms with Crippen LogP contribution in [0.3, 0.4) is 0 Å². The number of thioether (sulfide) groups is 1. The van der Waals surface area contributed by atoms with Crippen molar-refractivity contribution in [2.75, 3.05) is 19.0 Å². The number of carboxylic acid groups (broad SMARTS) is 1. The van der Waals surface area contributed by atoms with Crippen molar-refractivity contribution in [3.63, 3.8) is 0 Å². The van der Waals surface area contributed by atoms with Gasteiger partial charge in [0.05, 0.1) is 12.7 Å². The molecule has 0 aliphatic rings. The van der Waals surface area contributed by atoms with E-state index in [0.717, 1.165) is 32.1 Å². The van der Waals surface area contributed by atoms with Gasteiger partial charge >= 0.3 is 25.7 Å². The molecule has 0 saturated heterocycles. The lowest BCUT2D eigenvalue weighted by Crippen LogP contribution is -2.40. The molecule has 0 rings (SSSR count). The number of hydrogen-bond donors (Lipinski definition) is 5. The molecule has 342 valence electrons. The van der Waals surface area contributed by atoms with Crippen LogP contribution in [0, 0.1) is 0 Å². The first-order valence-electron chi connectivity index (χ1n) is 22.4. The van der Waals surface area contributed by atoms with Crippen LogP contribution in [0.1, 0.15) is 174 Å². The fraction of sp³-hybridized carbons (Fsp3) is 0.756. The van der Waals surface area contributed by atoms with Crippen molar-refractivity contribution in [2.45, 2.75) is 198 Å². The Balaban J connectivity index is 4.80. The summed E-state index contributed by atoms with van der Waals surface area (Å²) < 4.78 is 26.6. The Kier molecular flexibility index (Phi) is 38.3. The lowest BCUT2D eigenvalue weighted by atomic mass is 10.0. The molecular weight excluding hydrogens is 794 g/mol. The average molecular weight is 874 g/mol. The smallest absolute Gasteiger partial charge is 0.469 e. The van der Waals surface area contributed by atoms with Gasteiger partial charge in [-0.25, -0.2) is 4.57 Å². The minimum Gasteiger partial charge on any atom is -0.481 e. The highest BCUT2D eigenvalue weighted by Crippen LogP contribution is 2.36. The number of hydrogen-bond acceptors (Lipinski definition) is 10. The van der Waals surface area contributed by atoms with Crippen molar-refractivity contribution in [3.05, 3.63) is 48.6 Å². The van der Waals surface area contributed by atoms with Crippen LogP contribution in [0.2, 0.25) is 0 Å². The van der Waals surface area contributed by atoms with Crippen LogP contribution in [-0.4, -0.2) is 80.4 Å². The second-order valence-corrected chi connectivity index (χ2v) is 17.7. The molecule has 0 bridgehead atoms. The van der Waals surface area contributed by atoms with Crippen LogP contribution in [-0.2, 0) is 32.9 Å². The Morgan fingerprint density at radius 2 is 1.25 bits per heavy atom. The van der Waals surface area contributed by atoms with Crippen molar-refractivity contribution in [1.29, 1.82) is 0 Å². The topological polar surface area (TPSA) is 203 Å². The average Bonchev–Trinajstić information content (AvgIpc) is 3.19.